The summed E-state index contributed by atoms with van der Waals surface area (Å²) in [6.45, 7) is 0. The maximum Gasteiger partial charge on any atom is 0.419 e. The predicted molar refractivity (Wildman–Crippen MR) is 67.7 cm³/mol. The molecule has 2 nitrogen and oxygen atoms in total. The molecule has 114 valence electrons. The molecule has 2 aliphatic carbocycles. The number of primary amides is 1. The van der Waals surface area contributed by atoms with E-state index in [-0.39, 0.29) is 0 Å². The van der Waals surface area contributed by atoms with Gasteiger partial charge in [-0.3, -0.25) is 4.79 Å². The lowest BCUT2D eigenvalue weighted by molar-refractivity contribution is -0.140. The van der Waals surface area contributed by atoms with Crippen molar-refractivity contribution in [3.05, 3.63) is 35.1 Å². The number of hydrogen-bond acceptors (Lipinski definition) is 1. The molecule has 21 heavy (non-hydrogen) atoms. The Bertz CT molecular complexity index is 598. The van der Waals surface area contributed by atoms with Gasteiger partial charge in [0.25, 0.3) is 0 Å². The van der Waals surface area contributed by atoms with Crippen molar-refractivity contribution in [3.8, 4) is 0 Å². The van der Waals surface area contributed by atoms with E-state index >= 15 is 0 Å². The number of nitrogens with two attached hydrogens (primary N) is 1. The van der Waals surface area contributed by atoms with Gasteiger partial charge in [0.05, 0.1) is 5.56 Å². The first-order chi connectivity index (χ1) is 9.74. The lowest BCUT2D eigenvalue weighted by atomic mass is 9.69. The summed E-state index contributed by atoms with van der Waals surface area (Å²) in [5.41, 5.74) is 3.90. The summed E-state index contributed by atoms with van der Waals surface area (Å²) < 4.78 is 52.1. The molecule has 0 spiro atoms. The molecule has 1 aromatic rings. The molecule has 0 radical (unpaired) electrons. The van der Waals surface area contributed by atoms with Crippen molar-refractivity contribution in [2.24, 2.45) is 17.6 Å². The second-order valence-corrected chi connectivity index (χ2v) is 6.15. The fourth-order valence-corrected chi connectivity index (χ4v) is 4.16. The first kappa shape index (κ1) is 14.4. The van der Waals surface area contributed by atoms with Crippen LogP contribution >= 0.6 is 0 Å². The van der Waals surface area contributed by atoms with Gasteiger partial charge in [0.2, 0.25) is 5.91 Å². The minimum Gasteiger partial charge on any atom is -0.369 e. The number of amides is 1. The quantitative estimate of drug-likeness (QED) is 0.836. The predicted octanol–water partition coefficient (Wildman–Crippen LogP) is 3.39. The summed E-state index contributed by atoms with van der Waals surface area (Å²) in [6.07, 6.45) is -1.95. The lowest BCUT2D eigenvalue weighted by Gasteiger charge is -2.34. The van der Waals surface area contributed by atoms with Crippen molar-refractivity contribution < 1.29 is 22.4 Å². The minimum absolute atomic E-state index is 0.321. The lowest BCUT2D eigenvalue weighted by Crippen LogP contribution is -2.39. The van der Waals surface area contributed by atoms with Crippen LogP contribution in [0, 0.1) is 17.7 Å². The fraction of sp³-hybridized carbons (Fsp3) is 0.533. The van der Waals surface area contributed by atoms with Gasteiger partial charge >= 0.3 is 6.18 Å². The Balaban J connectivity index is 2.09. The highest BCUT2D eigenvalue weighted by atomic mass is 19.4. The van der Waals surface area contributed by atoms with Crippen molar-refractivity contribution in [2.75, 3.05) is 0 Å². The van der Waals surface area contributed by atoms with E-state index in [0.29, 0.717) is 30.7 Å². The number of halogens is 4. The smallest absolute Gasteiger partial charge is 0.369 e. The molecular formula is C15H15F4NO. The van der Waals surface area contributed by atoms with Gasteiger partial charge < -0.3 is 5.73 Å². The van der Waals surface area contributed by atoms with Crippen LogP contribution in [0.2, 0.25) is 0 Å². The fourth-order valence-electron chi connectivity index (χ4n) is 4.16. The molecule has 3 unspecified atom stereocenters. The van der Waals surface area contributed by atoms with Crippen LogP contribution in [-0.4, -0.2) is 5.91 Å². The summed E-state index contributed by atoms with van der Waals surface area (Å²) in [7, 11) is 0. The summed E-state index contributed by atoms with van der Waals surface area (Å²) in [5.74, 6) is -1.90. The molecule has 0 aliphatic heterocycles. The summed E-state index contributed by atoms with van der Waals surface area (Å²) in [4.78, 5) is 11.6. The Morgan fingerprint density at radius 2 is 2.05 bits per heavy atom. The minimum atomic E-state index is -4.74. The van der Waals surface area contributed by atoms with Crippen molar-refractivity contribution >= 4 is 5.91 Å². The average molecular weight is 301 g/mol. The van der Waals surface area contributed by atoms with E-state index in [1.165, 1.54) is 6.07 Å². The first-order valence-electron chi connectivity index (χ1n) is 6.90. The van der Waals surface area contributed by atoms with Crippen molar-refractivity contribution in [1.29, 1.82) is 0 Å². The van der Waals surface area contributed by atoms with Crippen LogP contribution in [0.25, 0.3) is 0 Å². The molecule has 1 amide bonds. The number of benzene rings is 1. The second kappa shape index (κ2) is 4.45. The maximum atomic E-state index is 13.4. The Labute approximate surface area is 119 Å². The Morgan fingerprint density at radius 1 is 1.33 bits per heavy atom. The molecule has 2 bridgehead atoms. The van der Waals surface area contributed by atoms with E-state index in [9.17, 15) is 22.4 Å². The highest BCUT2D eigenvalue weighted by Crippen LogP contribution is 2.59. The van der Waals surface area contributed by atoms with Gasteiger partial charge in [-0.05, 0) is 49.3 Å². The maximum absolute atomic E-state index is 13.4. The third-order valence-electron chi connectivity index (χ3n) is 5.08. The normalized spacial score (nSPS) is 31.6. The number of alkyl halides is 3. The number of hydrogen-bond donors (Lipinski definition) is 1. The molecule has 2 N–H and O–H groups in total. The van der Waals surface area contributed by atoms with Crippen LogP contribution in [0.4, 0.5) is 17.6 Å². The molecule has 0 heterocycles. The van der Waals surface area contributed by atoms with E-state index < -0.39 is 34.8 Å². The van der Waals surface area contributed by atoms with E-state index in [1.54, 1.807) is 0 Å². The third kappa shape index (κ3) is 2.12. The molecule has 6 heteroatoms. The van der Waals surface area contributed by atoms with Crippen molar-refractivity contribution in [2.45, 2.75) is 37.3 Å². The molecule has 1 aromatic carbocycles. The first-order valence-corrected chi connectivity index (χ1v) is 6.90. The Hall–Kier alpha value is -1.59. The van der Waals surface area contributed by atoms with Crippen LogP contribution in [0.5, 0.6) is 0 Å². The van der Waals surface area contributed by atoms with Crippen LogP contribution in [-0.2, 0) is 16.4 Å². The number of carbonyl (C=O) groups excluding carboxylic acids is 1. The summed E-state index contributed by atoms with van der Waals surface area (Å²) in [6, 6.07) is 3.07. The molecule has 2 fully saturated rings. The van der Waals surface area contributed by atoms with Crippen LogP contribution in [0.3, 0.4) is 0 Å². The van der Waals surface area contributed by atoms with Gasteiger partial charge in [0, 0.05) is 11.3 Å². The zero-order chi connectivity index (χ0) is 15.4. The van der Waals surface area contributed by atoms with E-state index in [1.807, 2.05) is 0 Å². The van der Waals surface area contributed by atoms with Gasteiger partial charge in [0.15, 0.2) is 0 Å². The van der Waals surface area contributed by atoms with Gasteiger partial charge in [-0.2, -0.15) is 13.2 Å². The molecule has 2 aliphatic rings. The largest absolute Gasteiger partial charge is 0.419 e. The molecule has 0 saturated heterocycles. The molecular weight excluding hydrogens is 286 g/mol. The van der Waals surface area contributed by atoms with E-state index in [2.05, 4.69) is 0 Å². The highest BCUT2D eigenvalue weighted by molar-refractivity contribution is 5.79. The SMILES string of the molecule is NC(=O)C1CC2CCC1(c1ccc(F)c(C(F)(F)F)c1)C2. The average Bonchev–Trinajstić information content (AvgIpc) is 2.96. The van der Waals surface area contributed by atoms with Gasteiger partial charge in [0.1, 0.15) is 5.82 Å². The third-order valence-corrected chi connectivity index (χ3v) is 5.08. The Kier molecular flexibility index (Phi) is 3.04. The number of fused-ring (bicyclic) bond motifs is 2. The second-order valence-electron chi connectivity index (χ2n) is 6.15. The van der Waals surface area contributed by atoms with Crippen LogP contribution < -0.4 is 5.73 Å². The molecule has 3 rings (SSSR count). The summed E-state index contributed by atoms with van der Waals surface area (Å²) >= 11 is 0. The topological polar surface area (TPSA) is 43.1 Å². The Morgan fingerprint density at radius 3 is 2.62 bits per heavy atom. The molecule has 3 atom stereocenters. The monoisotopic (exact) mass is 301 g/mol. The van der Waals surface area contributed by atoms with E-state index in [0.717, 1.165) is 18.6 Å². The van der Waals surface area contributed by atoms with Gasteiger partial charge in [-0.15, -0.1) is 0 Å². The zero-order valence-corrected chi connectivity index (χ0v) is 11.2. The zero-order valence-electron chi connectivity index (χ0n) is 11.2. The van der Waals surface area contributed by atoms with Gasteiger partial charge in [-0.1, -0.05) is 6.07 Å². The molecule has 2 saturated carbocycles. The van der Waals surface area contributed by atoms with Crippen LogP contribution in [0.15, 0.2) is 18.2 Å². The van der Waals surface area contributed by atoms with Crippen molar-refractivity contribution in [1.82, 2.24) is 0 Å². The van der Waals surface area contributed by atoms with Crippen molar-refractivity contribution in [3.63, 3.8) is 0 Å². The van der Waals surface area contributed by atoms with Gasteiger partial charge in [-0.25, -0.2) is 4.39 Å². The van der Waals surface area contributed by atoms with Crippen LogP contribution in [0.1, 0.15) is 36.8 Å². The number of carbonyl (C=O) groups is 1. The number of rotatable bonds is 2. The molecule has 0 aromatic heterocycles. The standard InChI is InChI=1S/C15H15F4NO/c16-12-2-1-9(6-10(12)15(17,18)19)14-4-3-8(7-14)5-11(14)13(20)21/h1-2,6,8,11H,3-5,7H2,(H2,20,21). The van der Waals surface area contributed by atoms with E-state index in [4.69, 9.17) is 5.73 Å². The highest BCUT2D eigenvalue weighted by Gasteiger charge is 2.55. The summed E-state index contributed by atoms with van der Waals surface area (Å²) in [5, 5.41) is 0.